The highest BCUT2D eigenvalue weighted by Crippen LogP contribution is 2.30. The van der Waals surface area contributed by atoms with E-state index in [2.05, 4.69) is 26.0 Å². The Bertz CT molecular complexity index is 939. The number of hydrogen-bond donors (Lipinski definition) is 1. The Morgan fingerprint density at radius 2 is 2.11 bits per heavy atom. The highest BCUT2D eigenvalue weighted by molar-refractivity contribution is 5.93. The molecule has 1 amide bonds. The number of anilines is 1. The molecule has 1 aliphatic rings. The van der Waals surface area contributed by atoms with Crippen LogP contribution in [-0.4, -0.2) is 69.9 Å². The maximum atomic E-state index is 12.1. The summed E-state index contributed by atoms with van der Waals surface area (Å²) in [4.78, 5) is 24.2. The van der Waals surface area contributed by atoms with E-state index >= 15 is 0 Å². The molecule has 3 aromatic heterocycles. The molecule has 1 saturated heterocycles. The average molecular weight is 368 g/mol. The molecule has 0 unspecified atom stereocenters. The van der Waals surface area contributed by atoms with Gasteiger partial charge in [0.25, 0.3) is 0 Å². The van der Waals surface area contributed by atoms with Crippen molar-refractivity contribution < 1.29 is 9.53 Å². The Morgan fingerprint density at radius 3 is 2.81 bits per heavy atom. The molecule has 0 bridgehead atoms. The quantitative estimate of drug-likeness (QED) is 0.741. The second kappa shape index (κ2) is 7.40. The minimum Gasteiger partial charge on any atom is -0.372 e. The van der Waals surface area contributed by atoms with Gasteiger partial charge in [-0.2, -0.15) is 5.10 Å². The first kappa shape index (κ1) is 17.5. The fraction of sp³-hybridized carbons (Fsp3) is 0.421. The predicted molar refractivity (Wildman–Crippen MR) is 104 cm³/mol. The minimum absolute atomic E-state index is 0.0666. The molecule has 0 saturated carbocycles. The summed E-state index contributed by atoms with van der Waals surface area (Å²) >= 11 is 0. The first-order chi connectivity index (χ1) is 13.2. The lowest BCUT2D eigenvalue weighted by molar-refractivity contribution is -0.136. The molecule has 3 aromatic rings. The van der Waals surface area contributed by atoms with Crippen LogP contribution < -0.4 is 4.90 Å². The molecule has 1 fully saturated rings. The van der Waals surface area contributed by atoms with Crippen molar-refractivity contribution in [1.82, 2.24) is 24.6 Å². The summed E-state index contributed by atoms with van der Waals surface area (Å²) in [5.74, 6) is 0.0666. The number of nitrogens with one attached hydrogen (secondary N) is 1. The number of aromatic amines is 1. The van der Waals surface area contributed by atoms with E-state index in [9.17, 15) is 4.79 Å². The smallest absolute Gasteiger partial charge is 0.248 e. The third kappa shape index (κ3) is 3.52. The van der Waals surface area contributed by atoms with Crippen LogP contribution in [0.4, 0.5) is 5.69 Å². The maximum Gasteiger partial charge on any atom is 0.248 e. The Kier molecular flexibility index (Phi) is 4.81. The zero-order chi connectivity index (χ0) is 18.8. The molecule has 0 spiro atoms. The second-order valence-electron chi connectivity index (χ2n) is 6.68. The van der Waals surface area contributed by atoms with Gasteiger partial charge in [0.1, 0.15) is 12.3 Å². The number of carbonyl (C=O) groups excluding carboxylic acids is 1. The Balaban J connectivity index is 1.53. The number of ether oxygens (including phenoxy) is 1. The molecule has 142 valence electrons. The van der Waals surface area contributed by atoms with E-state index < -0.39 is 0 Å². The average Bonchev–Trinajstić information content (AvgIpc) is 3.32. The third-order valence-electron chi connectivity index (χ3n) is 4.93. The summed E-state index contributed by atoms with van der Waals surface area (Å²) in [5.41, 5.74) is 4.04. The van der Waals surface area contributed by atoms with Crippen molar-refractivity contribution in [3.05, 3.63) is 30.7 Å². The molecule has 1 aliphatic heterocycles. The first-order valence-corrected chi connectivity index (χ1v) is 9.23. The van der Waals surface area contributed by atoms with Crippen molar-refractivity contribution in [1.29, 1.82) is 0 Å². The minimum atomic E-state index is 0.0666. The fourth-order valence-electron chi connectivity index (χ4n) is 3.48. The molecule has 8 nitrogen and oxygen atoms in total. The highest BCUT2D eigenvalue weighted by Gasteiger charge is 2.23. The summed E-state index contributed by atoms with van der Waals surface area (Å²) in [6.07, 6.45) is 5.65. The lowest BCUT2D eigenvalue weighted by atomic mass is 10.2. The lowest BCUT2D eigenvalue weighted by Crippen LogP contribution is -2.49. The van der Waals surface area contributed by atoms with Gasteiger partial charge in [-0.05, 0) is 19.1 Å². The van der Waals surface area contributed by atoms with Gasteiger partial charge in [-0.25, -0.2) is 4.98 Å². The Morgan fingerprint density at radius 1 is 1.30 bits per heavy atom. The van der Waals surface area contributed by atoms with Crippen LogP contribution in [0, 0.1) is 0 Å². The SMILES string of the molecule is CCOCC(=O)N1CCN(c2ccnc3[nH]c(-c4cnn(C)c4)cc23)CC1. The van der Waals surface area contributed by atoms with E-state index in [-0.39, 0.29) is 12.5 Å². The number of nitrogens with zero attached hydrogens (tertiary/aromatic N) is 5. The van der Waals surface area contributed by atoms with Crippen LogP contribution in [0.25, 0.3) is 22.3 Å². The largest absolute Gasteiger partial charge is 0.372 e. The molecule has 4 heterocycles. The number of aromatic nitrogens is 4. The first-order valence-electron chi connectivity index (χ1n) is 9.23. The molecule has 0 atom stereocenters. The van der Waals surface area contributed by atoms with E-state index in [1.165, 1.54) is 0 Å². The molecular formula is C19H24N6O2. The number of fused-ring (bicyclic) bond motifs is 1. The van der Waals surface area contributed by atoms with Crippen LogP contribution in [0.15, 0.2) is 30.7 Å². The molecule has 0 aromatic carbocycles. The van der Waals surface area contributed by atoms with Crippen molar-refractivity contribution in [2.45, 2.75) is 6.92 Å². The van der Waals surface area contributed by atoms with E-state index in [1.54, 1.807) is 4.68 Å². The van der Waals surface area contributed by atoms with Crippen LogP contribution in [0.2, 0.25) is 0 Å². The van der Waals surface area contributed by atoms with Crippen LogP contribution in [0.3, 0.4) is 0 Å². The van der Waals surface area contributed by atoms with Gasteiger partial charge >= 0.3 is 0 Å². The second-order valence-corrected chi connectivity index (χ2v) is 6.68. The molecular weight excluding hydrogens is 344 g/mol. The number of amides is 1. The van der Waals surface area contributed by atoms with Crippen molar-refractivity contribution in [3.63, 3.8) is 0 Å². The number of aryl methyl sites for hydroxylation is 1. The maximum absolute atomic E-state index is 12.1. The van der Waals surface area contributed by atoms with E-state index in [0.29, 0.717) is 19.7 Å². The van der Waals surface area contributed by atoms with Crippen LogP contribution in [0.5, 0.6) is 0 Å². The topological polar surface area (TPSA) is 79.3 Å². The highest BCUT2D eigenvalue weighted by atomic mass is 16.5. The zero-order valence-electron chi connectivity index (χ0n) is 15.7. The van der Waals surface area contributed by atoms with Gasteiger partial charge in [-0.15, -0.1) is 0 Å². The van der Waals surface area contributed by atoms with Crippen molar-refractivity contribution in [3.8, 4) is 11.3 Å². The zero-order valence-corrected chi connectivity index (χ0v) is 15.7. The summed E-state index contributed by atoms with van der Waals surface area (Å²) < 4.78 is 7.03. The van der Waals surface area contributed by atoms with E-state index in [0.717, 1.165) is 41.1 Å². The molecule has 0 radical (unpaired) electrons. The molecule has 0 aliphatic carbocycles. The van der Waals surface area contributed by atoms with Crippen molar-refractivity contribution in [2.75, 3.05) is 44.3 Å². The molecule has 4 rings (SSSR count). The number of H-pyrrole nitrogens is 1. The van der Waals surface area contributed by atoms with Gasteiger partial charge in [0, 0.05) is 68.9 Å². The van der Waals surface area contributed by atoms with E-state index in [4.69, 9.17) is 4.74 Å². The van der Waals surface area contributed by atoms with Crippen molar-refractivity contribution >= 4 is 22.6 Å². The number of piperazine rings is 1. The number of hydrogen-bond acceptors (Lipinski definition) is 5. The molecule has 8 heteroatoms. The van der Waals surface area contributed by atoms with E-state index in [1.807, 2.05) is 43.5 Å². The molecule has 27 heavy (non-hydrogen) atoms. The van der Waals surface area contributed by atoms with Crippen molar-refractivity contribution in [2.24, 2.45) is 7.05 Å². The monoisotopic (exact) mass is 368 g/mol. The van der Waals surface area contributed by atoms with Gasteiger partial charge in [0.15, 0.2) is 0 Å². The third-order valence-corrected chi connectivity index (χ3v) is 4.93. The summed E-state index contributed by atoms with van der Waals surface area (Å²) in [5, 5.41) is 5.33. The summed E-state index contributed by atoms with van der Waals surface area (Å²) in [6.45, 7) is 5.63. The van der Waals surface area contributed by atoms with Gasteiger partial charge in [-0.3, -0.25) is 9.48 Å². The lowest BCUT2D eigenvalue weighted by Gasteiger charge is -2.36. The molecule has 1 N–H and O–H groups in total. The van der Waals surface area contributed by atoms with Gasteiger partial charge in [0.05, 0.1) is 11.9 Å². The standard InChI is InChI=1S/C19H24N6O2/c1-3-27-13-18(26)25-8-6-24(7-9-25)17-4-5-20-19-15(17)10-16(22-19)14-11-21-23(2)12-14/h4-5,10-12H,3,6-9,13H2,1-2H3,(H,20,22). The predicted octanol–water partition coefficient (Wildman–Crippen LogP) is 1.65. The Labute approximate surface area is 157 Å². The normalized spacial score (nSPS) is 14.9. The summed E-state index contributed by atoms with van der Waals surface area (Å²) in [7, 11) is 1.90. The van der Waals surface area contributed by atoms with Crippen LogP contribution in [0.1, 0.15) is 6.92 Å². The van der Waals surface area contributed by atoms with Crippen LogP contribution in [-0.2, 0) is 16.6 Å². The van der Waals surface area contributed by atoms with Gasteiger partial charge < -0.3 is 19.5 Å². The number of carbonyl (C=O) groups is 1. The number of rotatable bonds is 5. The number of pyridine rings is 1. The van der Waals surface area contributed by atoms with Crippen LogP contribution >= 0.6 is 0 Å². The Hall–Kier alpha value is -2.87. The summed E-state index contributed by atoms with van der Waals surface area (Å²) in [6, 6.07) is 4.17. The fourth-order valence-corrected chi connectivity index (χ4v) is 3.48. The van der Waals surface area contributed by atoms with Gasteiger partial charge in [-0.1, -0.05) is 0 Å². The van der Waals surface area contributed by atoms with Gasteiger partial charge in [0.2, 0.25) is 5.91 Å².